The summed E-state index contributed by atoms with van der Waals surface area (Å²) in [7, 11) is 4.74. The van der Waals surface area contributed by atoms with E-state index >= 15 is 0 Å². The van der Waals surface area contributed by atoms with Crippen LogP contribution in [0.4, 0.5) is 0 Å². The normalized spacial score (nSPS) is 20.2. The molecule has 1 saturated carbocycles. The third-order valence-electron chi connectivity index (χ3n) is 7.10. The number of hydrogen-bond donors (Lipinski definition) is 2. The van der Waals surface area contributed by atoms with E-state index in [9.17, 15) is 14.4 Å². The van der Waals surface area contributed by atoms with E-state index in [0.29, 0.717) is 11.5 Å². The van der Waals surface area contributed by atoms with Gasteiger partial charge in [0.15, 0.2) is 5.69 Å². The van der Waals surface area contributed by atoms with Gasteiger partial charge in [-0.05, 0) is 31.9 Å². The molecule has 1 aromatic heterocycles. The summed E-state index contributed by atoms with van der Waals surface area (Å²) in [4.78, 5) is 40.6. The third-order valence-corrected chi connectivity index (χ3v) is 7.10. The van der Waals surface area contributed by atoms with Crippen LogP contribution in [-0.4, -0.2) is 65.2 Å². The van der Waals surface area contributed by atoms with Gasteiger partial charge in [0.2, 0.25) is 5.91 Å². The predicted molar refractivity (Wildman–Crippen MR) is 128 cm³/mol. The molecule has 2 heterocycles. The Bertz CT molecular complexity index is 1120. The predicted octanol–water partition coefficient (Wildman–Crippen LogP) is 2.12. The maximum absolute atomic E-state index is 13.2. The number of likely N-dealkylation sites (N-methyl/N-ethyl adjacent to an activating group) is 1. The van der Waals surface area contributed by atoms with Crippen LogP contribution in [0, 0.1) is 0 Å². The van der Waals surface area contributed by atoms with Crippen molar-refractivity contribution in [2.75, 3.05) is 21.3 Å². The second-order valence-electron chi connectivity index (χ2n) is 9.38. The summed E-state index contributed by atoms with van der Waals surface area (Å²) < 4.78 is 12.0. The van der Waals surface area contributed by atoms with E-state index < -0.39 is 11.4 Å². The standard InChI is InChI=1S/C25H33N5O5/c1-25(24(33)27-17-8-6-5-7-9-17)15-30-20(23(32)29(25)2)13-19(28-30)22(31)26-14-16-10-11-18(34-3)12-21(16)35-4/h10-13,17H,5-9,14-15H2,1-4H3,(H,26,31)(H,27,33). The number of nitrogens with zero attached hydrogens (tertiary/aromatic N) is 3. The van der Waals surface area contributed by atoms with Gasteiger partial charge < -0.3 is 25.0 Å². The van der Waals surface area contributed by atoms with E-state index in [1.807, 2.05) is 6.07 Å². The van der Waals surface area contributed by atoms with Crippen molar-refractivity contribution in [3.63, 3.8) is 0 Å². The average molecular weight is 484 g/mol. The molecule has 4 rings (SSSR count). The summed E-state index contributed by atoms with van der Waals surface area (Å²) >= 11 is 0. The number of nitrogens with one attached hydrogen (secondary N) is 2. The Hall–Kier alpha value is -3.56. The fourth-order valence-corrected chi connectivity index (χ4v) is 4.69. The number of aromatic nitrogens is 2. The van der Waals surface area contributed by atoms with Gasteiger partial charge in [0.25, 0.3) is 11.8 Å². The fourth-order valence-electron chi connectivity index (χ4n) is 4.69. The highest BCUT2D eigenvalue weighted by Gasteiger charge is 2.46. The molecule has 1 fully saturated rings. The van der Waals surface area contributed by atoms with Crippen LogP contribution in [-0.2, 0) is 17.9 Å². The molecular formula is C25H33N5O5. The molecule has 188 valence electrons. The van der Waals surface area contributed by atoms with Crippen LogP contribution in [0.2, 0.25) is 0 Å². The van der Waals surface area contributed by atoms with Gasteiger partial charge in [0, 0.05) is 37.3 Å². The quantitative estimate of drug-likeness (QED) is 0.624. The minimum absolute atomic E-state index is 0.117. The van der Waals surface area contributed by atoms with Crippen molar-refractivity contribution >= 4 is 17.7 Å². The Morgan fingerprint density at radius 2 is 1.89 bits per heavy atom. The van der Waals surface area contributed by atoms with Gasteiger partial charge in [-0.3, -0.25) is 19.1 Å². The summed E-state index contributed by atoms with van der Waals surface area (Å²) in [6.45, 7) is 2.12. The van der Waals surface area contributed by atoms with Crippen LogP contribution < -0.4 is 20.1 Å². The highest BCUT2D eigenvalue weighted by atomic mass is 16.5. The van der Waals surface area contributed by atoms with Gasteiger partial charge in [-0.15, -0.1) is 0 Å². The first-order chi connectivity index (χ1) is 16.8. The van der Waals surface area contributed by atoms with E-state index in [4.69, 9.17) is 9.47 Å². The first-order valence-corrected chi connectivity index (χ1v) is 11.9. The van der Waals surface area contributed by atoms with Crippen molar-refractivity contribution in [1.29, 1.82) is 0 Å². The molecule has 0 radical (unpaired) electrons. The summed E-state index contributed by atoms with van der Waals surface area (Å²) in [5.41, 5.74) is 0.0692. The van der Waals surface area contributed by atoms with E-state index in [2.05, 4.69) is 15.7 Å². The minimum atomic E-state index is -1.10. The van der Waals surface area contributed by atoms with Gasteiger partial charge in [-0.25, -0.2) is 0 Å². The number of amides is 3. The number of ether oxygens (including phenoxy) is 2. The summed E-state index contributed by atoms with van der Waals surface area (Å²) in [6.07, 6.45) is 5.29. The lowest BCUT2D eigenvalue weighted by molar-refractivity contribution is -0.133. The maximum atomic E-state index is 13.2. The molecule has 10 nitrogen and oxygen atoms in total. The lowest BCUT2D eigenvalue weighted by Gasteiger charge is -2.41. The van der Waals surface area contributed by atoms with E-state index in [0.717, 1.165) is 31.2 Å². The van der Waals surface area contributed by atoms with Crippen molar-refractivity contribution in [1.82, 2.24) is 25.3 Å². The molecule has 1 aliphatic carbocycles. The Kier molecular flexibility index (Phi) is 7.00. The van der Waals surface area contributed by atoms with Crippen LogP contribution >= 0.6 is 0 Å². The molecular weight excluding hydrogens is 450 g/mol. The monoisotopic (exact) mass is 483 g/mol. The smallest absolute Gasteiger partial charge is 0.272 e. The Balaban J connectivity index is 1.47. The average Bonchev–Trinajstić information content (AvgIpc) is 3.30. The summed E-state index contributed by atoms with van der Waals surface area (Å²) in [5, 5.41) is 10.3. The number of rotatable bonds is 7. The molecule has 3 amide bonds. The second kappa shape index (κ2) is 9.97. The van der Waals surface area contributed by atoms with E-state index in [1.54, 1.807) is 40.3 Å². The van der Waals surface area contributed by atoms with Gasteiger partial charge in [-0.1, -0.05) is 19.3 Å². The molecule has 0 spiro atoms. The molecule has 1 aliphatic heterocycles. The highest BCUT2D eigenvalue weighted by Crippen LogP contribution is 2.28. The van der Waals surface area contributed by atoms with Crippen molar-refractivity contribution in [2.24, 2.45) is 0 Å². The van der Waals surface area contributed by atoms with Gasteiger partial charge in [0.1, 0.15) is 22.7 Å². The van der Waals surface area contributed by atoms with Gasteiger partial charge in [0.05, 0.1) is 20.8 Å². The van der Waals surface area contributed by atoms with E-state index in [-0.39, 0.29) is 42.3 Å². The largest absolute Gasteiger partial charge is 0.497 e. The number of methoxy groups -OCH3 is 2. The summed E-state index contributed by atoms with van der Waals surface area (Å²) in [6, 6.07) is 6.94. The molecule has 10 heteroatoms. The molecule has 2 N–H and O–H groups in total. The molecule has 1 unspecified atom stereocenters. The number of carbonyl (C=O) groups excluding carboxylic acids is 3. The van der Waals surface area contributed by atoms with Crippen molar-refractivity contribution in [3.8, 4) is 11.5 Å². The first-order valence-electron chi connectivity index (χ1n) is 11.9. The Morgan fingerprint density at radius 1 is 1.14 bits per heavy atom. The minimum Gasteiger partial charge on any atom is -0.497 e. The molecule has 2 aromatic rings. The van der Waals surface area contributed by atoms with Crippen LogP contribution in [0.1, 0.15) is 65.6 Å². The zero-order valence-corrected chi connectivity index (χ0v) is 20.7. The number of hydrogen-bond acceptors (Lipinski definition) is 6. The number of carbonyl (C=O) groups is 3. The van der Waals surface area contributed by atoms with Crippen LogP contribution in [0.5, 0.6) is 11.5 Å². The molecule has 2 aliphatic rings. The van der Waals surface area contributed by atoms with Crippen molar-refractivity contribution in [3.05, 3.63) is 41.2 Å². The van der Waals surface area contributed by atoms with Crippen LogP contribution in [0.15, 0.2) is 24.3 Å². The SMILES string of the molecule is COc1ccc(CNC(=O)c2cc3n(n2)CC(C)(C(=O)NC2CCCCC2)N(C)C3=O)c(OC)c1. The molecule has 1 atom stereocenters. The zero-order chi connectivity index (χ0) is 25.2. The topological polar surface area (TPSA) is 115 Å². The first kappa shape index (κ1) is 24.6. The maximum Gasteiger partial charge on any atom is 0.272 e. The molecule has 35 heavy (non-hydrogen) atoms. The van der Waals surface area contributed by atoms with Crippen molar-refractivity contribution in [2.45, 2.75) is 63.7 Å². The third kappa shape index (κ3) is 4.82. The van der Waals surface area contributed by atoms with E-state index in [1.165, 1.54) is 22.1 Å². The fraction of sp³-hybridized carbons (Fsp3) is 0.520. The molecule has 1 aromatic carbocycles. The lowest BCUT2D eigenvalue weighted by atomic mass is 9.92. The summed E-state index contributed by atoms with van der Waals surface area (Å²) in [5.74, 6) is 0.274. The zero-order valence-electron chi connectivity index (χ0n) is 20.7. The highest BCUT2D eigenvalue weighted by molar-refractivity contribution is 6.01. The number of benzene rings is 1. The van der Waals surface area contributed by atoms with Crippen LogP contribution in [0.3, 0.4) is 0 Å². The van der Waals surface area contributed by atoms with Gasteiger partial charge in [-0.2, -0.15) is 5.10 Å². The van der Waals surface area contributed by atoms with Crippen LogP contribution in [0.25, 0.3) is 0 Å². The lowest BCUT2D eigenvalue weighted by Crippen LogP contribution is -2.63. The Morgan fingerprint density at radius 3 is 2.57 bits per heavy atom. The van der Waals surface area contributed by atoms with Crippen molar-refractivity contribution < 1.29 is 23.9 Å². The second-order valence-corrected chi connectivity index (χ2v) is 9.38. The number of fused-ring (bicyclic) bond motifs is 1. The molecule has 0 saturated heterocycles. The van der Waals surface area contributed by atoms with Gasteiger partial charge >= 0.3 is 0 Å². The molecule has 0 bridgehead atoms. The Labute approximate surface area is 204 Å².